The Balaban J connectivity index is 2.01. The van der Waals surface area contributed by atoms with Gasteiger partial charge < -0.3 is 5.73 Å². The third-order valence-electron chi connectivity index (χ3n) is 3.06. The van der Waals surface area contributed by atoms with Crippen LogP contribution in [0.15, 0.2) is 58.8 Å². The zero-order valence-corrected chi connectivity index (χ0v) is 13.7. The molecule has 3 rings (SSSR count). The van der Waals surface area contributed by atoms with Crippen molar-refractivity contribution in [1.82, 2.24) is 4.98 Å². The fourth-order valence-electron chi connectivity index (χ4n) is 2.01. The highest BCUT2D eigenvalue weighted by Gasteiger charge is 2.15. The first kappa shape index (κ1) is 16.0. The number of hydrogen-bond acceptors (Lipinski definition) is 7. The summed E-state index contributed by atoms with van der Waals surface area (Å²) in [4.78, 5) is 14.8. The van der Waals surface area contributed by atoms with Crippen molar-refractivity contribution in [3.8, 4) is 11.3 Å². The fourth-order valence-corrected chi connectivity index (χ4v) is 2.85. The third kappa shape index (κ3) is 3.39. The number of benzene rings is 2. The van der Waals surface area contributed by atoms with Crippen LogP contribution in [0.5, 0.6) is 0 Å². The largest absolute Gasteiger partial charge is 0.375 e. The van der Waals surface area contributed by atoms with Gasteiger partial charge in [0.25, 0.3) is 5.69 Å². The van der Waals surface area contributed by atoms with Gasteiger partial charge in [-0.25, -0.2) is 4.98 Å². The average Bonchev–Trinajstić information content (AvgIpc) is 2.95. The number of azo groups is 1. The Morgan fingerprint density at radius 1 is 1.17 bits per heavy atom. The second kappa shape index (κ2) is 6.73. The maximum Gasteiger partial charge on any atom is 0.298 e. The minimum absolute atomic E-state index is 0.107. The van der Waals surface area contributed by atoms with Crippen LogP contribution < -0.4 is 5.73 Å². The molecule has 0 fully saturated rings. The first-order chi connectivity index (χ1) is 11.5. The Morgan fingerprint density at radius 3 is 2.62 bits per heavy atom. The van der Waals surface area contributed by atoms with Gasteiger partial charge in [0.15, 0.2) is 15.8 Å². The summed E-state index contributed by atoms with van der Waals surface area (Å²) in [5, 5.41) is 20.2. The Morgan fingerprint density at radius 2 is 1.92 bits per heavy atom. The number of anilines is 1. The Labute approximate surface area is 145 Å². The monoisotopic (exact) mass is 359 g/mol. The van der Waals surface area contributed by atoms with Crippen LogP contribution in [-0.4, -0.2) is 9.91 Å². The summed E-state index contributed by atoms with van der Waals surface area (Å²) in [6.45, 7) is 0. The number of nitrogen functional groups attached to an aromatic ring is 1. The molecule has 0 amide bonds. The van der Waals surface area contributed by atoms with Gasteiger partial charge in [0.2, 0.25) is 0 Å². The zero-order chi connectivity index (χ0) is 17.1. The quantitative estimate of drug-likeness (QED) is 0.383. The molecular formula is C15H10ClN5O2S. The Hall–Kier alpha value is -2.84. The predicted octanol–water partition coefficient (Wildman–Crippen LogP) is 5.37. The summed E-state index contributed by atoms with van der Waals surface area (Å²) >= 11 is 6.94. The Bertz CT molecular complexity index is 927. The molecule has 0 atom stereocenters. The number of nitrogens with zero attached hydrogens (tertiary/aromatic N) is 4. The molecule has 0 bridgehead atoms. The van der Waals surface area contributed by atoms with Crippen molar-refractivity contribution in [2.75, 3.05) is 5.73 Å². The van der Waals surface area contributed by atoms with E-state index in [1.807, 2.05) is 30.3 Å². The SMILES string of the molecule is Nc1nc(-c2ccccc2)c(N=Nc2ccc(Cl)cc2[N+](=O)[O-])s1. The number of halogens is 1. The normalized spacial score (nSPS) is 11.0. The van der Waals surface area contributed by atoms with Crippen LogP contribution in [0.25, 0.3) is 11.3 Å². The van der Waals surface area contributed by atoms with Gasteiger partial charge in [-0.05, 0) is 12.1 Å². The standard InChI is InChI=1S/C15H10ClN5O2S/c16-10-6-7-11(12(8-10)21(22)23)19-20-14-13(18-15(17)24-14)9-4-2-1-3-5-9/h1-8H,(H2,17,18). The number of nitrogens with two attached hydrogens (primary N) is 1. The minimum atomic E-state index is -0.556. The molecule has 24 heavy (non-hydrogen) atoms. The van der Waals surface area contributed by atoms with Crippen molar-refractivity contribution in [1.29, 1.82) is 0 Å². The van der Waals surface area contributed by atoms with E-state index in [0.29, 0.717) is 15.8 Å². The van der Waals surface area contributed by atoms with E-state index < -0.39 is 4.92 Å². The van der Waals surface area contributed by atoms with Gasteiger partial charge in [-0.15, -0.1) is 10.2 Å². The van der Waals surface area contributed by atoms with Gasteiger partial charge in [0.1, 0.15) is 5.69 Å². The molecule has 0 aliphatic heterocycles. The molecule has 0 aliphatic carbocycles. The molecule has 9 heteroatoms. The van der Waals surface area contributed by atoms with E-state index in [2.05, 4.69) is 15.2 Å². The molecule has 0 aliphatic rings. The van der Waals surface area contributed by atoms with E-state index in [9.17, 15) is 10.1 Å². The Kier molecular flexibility index (Phi) is 4.50. The molecule has 2 aromatic carbocycles. The third-order valence-corrected chi connectivity index (χ3v) is 4.06. The van der Waals surface area contributed by atoms with E-state index in [1.165, 1.54) is 18.2 Å². The molecule has 3 aromatic rings. The topological polar surface area (TPSA) is 107 Å². The van der Waals surface area contributed by atoms with Gasteiger partial charge in [-0.2, -0.15) is 0 Å². The highest BCUT2D eigenvalue weighted by Crippen LogP contribution is 2.39. The van der Waals surface area contributed by atoms with Gasteiger partial charge in [0, 0.05) is 16.7 Å². The number of rotatable bonds is 4. The van der Waals surface area contributed by atoms with Gasteiger partial charge >= 0.3 is 0 Å². The van der Waals surface area contributed by atoms with Crippen molar-refractivity contribution >= 4 is 44.4 Å². The minimum Gasteiger partial charge on any atom is -0.375 e. The van der Waals surface area contributed by atoms with Crippen molar-refractivity contribution in [2.24, 2.45) is 10.2 Å². The molecule has 1 aromatic heterocycles. The summed E-state index contributed by atoms with van der Waals surface area (Å²) in [5.41, 5.74) is 7.07. The molecule has 0 unspecified atom stereocenters. The van der Waals surface area contributed by atoms with E-state index >= 15 is 0 Å². The maximum absolute atomic E-state index is 11.1. The number of hydrogen-bond donors (Lipinski definition) is 1. The van der Waals surface area contributed by atoms with Crippen molar-refractivity contribution in [2.45, 2.75) is 0 Å². The fraction of sp³-hybridized carbons (Fsp3) is 0. The summed E-state index contributed by atoms with van der Waals surface area (Å²) in [5.74, 6) is 0. The van der Waals surface area contributed by atoms with Crippen molar-refractivity contribution in [3.05, 3.63) is 63.7 Å². The number of aromatic nitrogens is 1. The maximum atomic E-state index is 11.1. The van der Waals surface area contributed by atoms with Crippen LogP contribution in [0.1, 0.15) is 0 Å². The van der Waals surface area contributed by atoms with E-state index in [-0.39, 0.29) is 16.4 Å². The average molecular weight is 360 g/mol. The molecule has 0 saturated carbocycles. The first-order valence-corrected chi connectivity index (χ1v) is 7.91. The number of thiazole rings is 1. The number of nitro groups is 1. The zero-order valence-electron chi connectivity index (χ0n) is 12.1. The lowest BCUT2D eigenvalue weighted by Gasteiger charge is -1.98. The van der Waals surface area contributed by atoms with Crippen LogP contribution in [-0.2, 0) is 0 Å². The smallest absolute Gasteiger partial charge is 0.298 e. The van der Waals surface area contributed by atoms with Crippen LogP contribution in [0, 0.1) is 10.1 Å². The second-order valence-corrected chi connectivity index (χ2v) is 6.11. The van der Waals surface area contributed by atoms with Crippen LogP contribution in [0.3, 0.4) is 0 Å². The lowest BCUT2D eigenvalue weighted by atomic mass is 10.2. The molecular weight excluding hydrogens is 350 g/mol. The summed E-state index contributed by atoms with van der Waals surface area (Å²) in [6.07, 6.45) is 0. The molecule has 2 N–H and O–H groups in total. The van der Waals surface area contributed by atoms with Crippen molar-refractivity contribution < 1.29 is 4.92 Å². The highest BCUT2D eigenvalue weighted by atomic mass is 35.5. The van der Waals surface area contributed by atoms with Gasteiger partial charge in [-0.1, -0.05) is 53.3 Å². The van der Waals surface area contributed by atoms with E-state index in [4.69, 9.17) is 17.3 Å². The van der Waals surface area contributed by atoms with Gasteiger partial charge in [0.05, 0.1) is 4.92 Å². The van der Waals surface area contributed by atoms with Gasteiger partial charge in [-0.3, -0.25) is 10.1 Å². The van der Waals surface area contributed by atoms with Crippen molar-refractivity contribution in [3.63, 3.8) is 0 Å². The first-order valence-electron chi connectivity index (χ1n) is 6.72. The van der Waals surface area contributed by atoms with E-state index in [1.54, 1.807) is 0 Å². The molecule has 7 nitrogen and oxygen atoms in total. The lowest BCUT2D eigenvalue weighted by Crippen LogP contribution is -1.87. The van der Waals surface area contributed by atoms with Crippen LogP contribution in [0.2, 0.25) is 5.02 Å². The number of nitro benzene ring substituents is 1. The highest BCUT2D eigenvalue weighted by molar-refractivity contribution is 7.19. The van der Waals surface area contributed by atoms with Crippen LogP contribution >= 0.6 is 22.9 Å². The molecule has 120 valence electrons. The summed E-state index contributed by atoms with van der Waals surface area (Å²) in [6, 6.07) is 13.6. The van der Waals surface area contributed by atoms with Crippen LogP contribution in [0.4, 0.5) is 21.5 Å². The molecule has 0 saturated heterocycles. The molecule has 0 radical (unpaired) electrons. The predicted molar refractivity (Wildman–Crippen MR) is 94.2 cm³/mol. The summed E-state index contributed by atoms with van der Waals surface area (Å²) in [7, 11) is 0. The lowest BCUT2D eigenvalue weighted by molar-refractivity contribution is -0.384. The molecule has 1 heterocycles. The van der Waals surface area contributed by atoms with E-state index in [0.717, 1.165) is 16.9 Å². The second-order valence-electron chi connectivity index (χ2n) is 4.66. The molecule has 0 spiro atoms. The summed E-state index contributed by atoms with van der Waals surface area (Å²) < 4.78 is 0.